The van der Waals surface area contributed by atoms with Gasteiger partial charge in [0.25, 0.3) is 5.91 Å². The zero-order chi connectivity index (χ0) is 19.6. The summed E-state index contributed by atoms with van der Waals surface area (Å²) in [6.45, 7) is 3.74. The predicted molar refractivity (Wildman–Crippen MR) is 105 cm³/mol. The first-order valence-corrected chi connectivity index (χ1v) is 9.30. The molecule has 0 aliphatic carbocycles. The second kappa shape index (κ2) is 5.55. The fourth-order valence-corrected chi connectivity index (χ4v) is 4.48. The molecule has 1 N–H and O–H groups in total. The molecule has 0 bridgehead atoms. The Morgan fingerprint density at radius 1 is 1.11 bits per heavy atom. The molecule has 2 aliphatic heterocycles. The molecular formula is C22H19N3O3. The molecule has 6 heteroatoms. The smallest absolute Gasteiger partial charge is 0.332 e. The first-order chi connectivity index (χ1) is 13.4. The van der Waals surface area contributed by atoms with Crippen molar-refractivity contribution in [2.75, 3.05) is 11.4 Å². The third-order valence-electron chi connectivity index (χ3n) is 5.98. The minimum absolute atomic E-state index is 0.109. The second-order valence-corrected chi connectivity index (χ2v) is 7.53. The van der Waals surface area contributed by atoms with Crippen molar-refractivity contribution < 1.29 is 14.4 Å². The van der Waals surface area contributed by atoms with Gasteiger partial charge in [-0.3, -0.25) is 9.59 Å². The Labute approximate surface area is 161 Å². The fraction of sp³-hybridized carbons (Fsp3) is 0.227. The van der Waals surface area contributed by atoms with E-state index >= 15 is 0 Å². The standard InChI is InChI=1S/C22H19N3O3/c1-13(26)14-6-5-7-15(12-14)25-20(27)22(2)19-17(10-11-24(22)21(25)28)16-8-3-4-9-18(16)23-19/h3-9,12,23H,10-11H2,1-2H3/t22-/m1/s1. The number of imide groups is 1. The van der Waals surface area contributed by atoms with E-state index in [2.05, 4.69) is 4.98 Å². The maximum Gasteiger partial charge on any atom is 0.332 e. The largest absolute Gasteiger partial charge is 0.356 e. The van der Waals surface area contributed by atoms with Gasteiger partial charge in [0, 0.05) is 23.0 Å². The normalized spacial score (nSPS) is 21.2. The van der Waals surface area contributed by atoms with Crippen LogP contribution in [-0.2, 0) is 16.8 Å². The highest BCUT2D eigenvalue weighted by atomic mass is 16.2. The summed E-state index contributed by atoms with van der Waals surface area (Å²) in [6, 6.07) is 14.3. The molecule has 28 heavy (non-hydrogen) atoms. The molecule has 6 nitrogen and oxygen atoms in total. The number of urea groups is 1. The predicted octanol–water partition coefficient (Wildman–Crippen LogP) is 3.61. The van der Waals surface area contributed by atoms with Gasteiger partial charge in [0.2, 0.25) is 0 Å². The Morgan fingerprint density at radius 3 is 2.68 bits per heavy atom. The van der Waals surface area contributed by atoms with Crippen LogP contribution in [0.4, 0.5) is 10.5 Å². The number of ketones is 1. The Bertz CT molecular complexity index is 1180. The Kier molecular flexibility index (Phi) is 3.32. The van der Waals surface area contributed by atoms with Crippen molar-refractivity contribution in [3.8, 4) is 0 Å². The van der Waals surface area contributed by atoms with E-state index < -0.39 is 5.54 Å². The van der Waals surface area contributed by atoms with Gasteiger partial charge in [-0.2, -0.15) is 0 Å². The molecule has 1 atom stereocenters. The molecule has 0 saturated carbocycles. The summed E-state index contributed by atoms with van der Waals surface area (Å²) in [5.41, 5.74) is 2.65. The zero-order valence-electron chi connectivity index (χ0n) is 15.7. The number of nitrogens with one attached hydrogen (secondary N) is 1. The lowest BCUT2D eigenvalue weighted by atomic mass is 9.87. The van der Waals surface area contributed by atoms with Gasteiger partial charge in [-0.05, 0) is 44.0 Å². The number of para-hydroxylation sites is 1. The number of carbonyl (C=O) groups excluding carboxylic acids is 3. The number of aromatic amines is 1. The number of hydrogen-bond acceptors (Lipinski definition) is 3. The molecule has 0 spiro atoms. The summed E-state index contributed by atoms with van der Waals surface area (Å²) < 4.78 is 0. The third-order valence-corrected chi connectivity index (χ3v) is 5.98. The van der Waals surface area contributed by atoms with Gasteiger partial charge >= 0.3 is 6.03 Å². The number of anilines is 1. The van der Waals surface area contributed by atoms with Crippen LogP contribution in [0.25, 0.3) is 10.9 Å². The molecule has 1 fully saturated rings. The van der Waals surface area contributed by atoms with Crippen LogP contribution in [0.1, 0.15) is 35.5 Å². The summed E-state index contributed by atoms with van der Waals surface area (Å²) >= 11 is 0. The van der Waals surface area contributed by atoms with Crippen molar-refractivity contribution in [3.63, 3.8) is 0 Å². The number of amides is 3. The van der Waals surface area contributed by atoms with E-state index in [1.807, 2.05) is 24.3 Å². The van der Waals surface area contributed by atoms with Crippen LogP contribution in [0.15, 0.2) is 48.5 Å². The lowest BCUT2D eigenvalue weighted by molar-refractivity contribution is -0.125. The van der Waals surface area contributed by atoms with Crippen LogP contribution in [0.3, 0.4) is 0 Å². The average Bonchev–Trinajstić information content (AvgIpc) is 3.16. The van der Waals surface area contributed by atoms with Crippen LogP contribution < -0.4 is 4.90 Å². The molecule has 140 valence electrons. The monoisotopic (exact) mass is 373 g/mol. The van der Waals surface area contributed by atoms with Crippen molar-refractivity contribution in [2.24, 2.45) is 0 Å². The van der Waals surface area contributed by atoms with E-state index in [0.29, 0.717) is 24.2 Å². The van der Waals surface area contributed by atoms with E-state index in [1.165, 1.54) is 11.8 Å². The van der Waals surface area contributed by atoms with Crippen molar-refractivity contribution in [3.05, 3.63) is 65.4 Å². The molecule has 2 aromatic carbocycles. The lowest BCUT2D eigenvalue weighted by Crippen LogP contribution is -2.49. The van der Waals surface area contributed by atoms with E-state index in [-0.39, 0.29) is 17.7 Å². The lowest BCUT2D eigenvalue weighted by Gasteiger charge is -2.35. The molecule has 3 heterocycles. The number of benzene rings is 2. The number of H-pyrrole nitrogens is 1. The number of hydrogen-bond donors (Lipinski definition) is 1. The van der Waals surface area contributed by atoms with Crippen LogP contribution >= 0.6 is 0 Å². The fourth-order valence-electron chi connectivity index (χ4n) is 4.48. The van der Waals surface area contributed by atoms with E-state index in [0.717, 1.165) is 22.2 Å². The minimum atomic E-state index is -1.09. The van der Waals surface area contributed by atoms with Gasteiger partial charge in [0.1, 0.15) is 0 Å². The Balaban J connectivity index is 1.67. The molecule has 0 unspecified atom stereocenters. The van der Waals surface area contributed by atoms with Crippen LogP contribution in [-0.4, -0.2) is 34.2 Å². The number of carbonyl (C=O) groups is 3. The van der Waals surface area contributed by atoms with Crippen LogP contribution in [0.5, 0.6) is 0 Å². The van der Waals surface area contributed by atoms with Crippen molar-refractivity contribution >= 4 is 34.3 Å². The summed E-state index contributed by atoms with van der Waals surface area (Å²) in [5.74, 6) is -0.409. The van der Waals surface area contributed by atoms with Gasteiger partial charge in [-0.25, -0.2) is 9.69 Å². The highest BCUT2D eigenvalue weighted by Crippen LogP contribution is 2.45. The zero-order valence-corrected chi connectivity index (χ0v) is 15.7. The maximum atomic E-state index is 13.6. The summed E-state index contributed by atoms with van der Waals surface area (Å²) in [4.78, 5) is 44.7. The third kappa shape index (κ3) is 2.00. The van der Waals surface area contributed by atoms with Gasteiger partial charge in [0.15, 0.2) is 11.3 Å². The summed E-state index contributed by atoms with van der Waals surface area (Å²) in [6.07, 6.45) is 0.690. The van der Waals surface area contributed by atoms with E-state index in [1.54, 1.807) is 36.1 Å². The maximum absolute atomic E-state index is 13.6. The molecule has 0 radical (unpaired) electrons. The van der Waals surface area contributed by atoms with Crippen LogP contribution in [0, 0.1) is 0 Å². The first-order valence-electron chi connectivity index (χ1n) is 9.30. The average molecular weight is 373 g/mol. The summed E-state index contributed by atoms with van der Waals surface area (Å²) in [5, 5.41) is 1.09. The molecule has 1 aromatic heterocycles. The van der Waals surface area contributed by atoms with E-state index in [9.17, 15) is 14.4 Å². The number of Topliss-reactive ketones (excluding diaryl/α,β-unsaturated/α-hetero) is 1. The topological polar surface area (TPSA) is 73.5 Å². The first kappa shape index (κ1) is 16.7. The van der Waals surface area contributed by atoms with Gasteiger partial charge in [0.05, 0.1) is 11.4 Å². The van der Waals surface area contributed by atoms with Crippen molar-refractivity contribution in [1.29, 1.82) is 0 Å². The number of nitrogens with zero attached hydrogens (tertiary/aromatic N) is 2. The van der Waals surface area contributed by atoms with Crippen molar-refractivity contribution in [1.82, 2.24) is 9.88 Å². The minimum Gasteiger partial charge on any atom is -0.356 e. The number of aromatic nitrogens is 1. The number of rotatable bonds is 2. The SMILES string of the molecule is CC(=O)c1cccc(N2C(=O)N3CCc4c([nH]c5ccccc45)[C@]3(C)C2=O)c1. The number of fused-ring (bicyclic) bond motifs is 5. The Morgan fingerprint density at radius 2 is 1.89 bits per heavy atom. The second-order valence-electron chi connectivity index (χ2n) is 7.53. The van der Waals surface area contributed by atoms with Gasteiger partial charge in [-0.1, -0.05) is 30.3 Å². The highest BCUT2D eigenvalue weighted by molar-refractivity contribution is 6.24. The molecule has 5 rings (SSSR count). The van der Waals surface area contributed by atoms with Crippen molar-refractivity contribution in [2.45, 2.75) is 25.8 Å². The van der Waals surface area contributed by atoms with E-state index in [4.69, 9.17) is 0 Å². The summed E-state index contributed by atoms with van der Waals surface area (Å²) in [7, 11) is 0. The molecule has 1 saturated heterocycles. The van der Waals surface area contributed by atoms with Crippen LogP contribution in [0.2, 0.25) is 0 Å². The Hall–Kier alpha value is -3.41. The molecule has 3 aromatic rings. The van der Waals surface area contributed by atoms with Gasteiger partial charge < -0.3 is 9.88 Å². The molecule has 3 amide bonds. The quantitative estimate of drug-likeness (QED) is 0.551. The molecular weight excluding hydrogens is 354 g/mol. The molecule has 2 aliphatic rings. The highest BCUT2D eigenvalue weighted by Gasteiger charge is 2.59. The van der Waals surface area contributed by atoms with Gasteiger partial charge in [-0.15, -0.1) is 0 Å².